The molecule has 1 aliphatic rings. The molecule has 1 atom stereocenters. The van der Waals surface area contributed by atoms with E-state index in [1.54, 1.807) is 0 Å². The van der Waals surface area contributed by atoms with E-state index in [-0.39, 0.29) is 18.5 Å². The van der Waals surface area contributed by atoms with Crippen LogP contribution in [0.15, 0.2) is 0 Å². The molecule has 0 aliphatic carbocycles. The van der Waals surface area contributed by atoms with Gasteiger partial charge in [0.2, 0.25) is 5.91 Å². The summed E-state index contributed by atoms with van der Waals surface area (Å²) < 4.78 is 5.21. The number of nitrogens with zero attached hydrogens (tertiary/aromatic N) is 1. The molecule has 1 rings (SSSR count). The van der Waals surface area contributed by atoms with E-state index in [2.05, 4.69) is 0 Å². The Bertz CT molecular complexity index is 163. The monoisotopic (exact) mass is 173 g/mol. The van der Waals surface area contributed by atoms with Crippen LogP contribution in [0.1, 0.15) is 0 Å². The van der Waals surface area contributed by atoms with Gasteiger partial charge in [-0.15, -0.1) is 0 Å². The minimum absolute atomic E-state index is 0.145. The molecule has 0 radical (unpaired) electrons. The summed E-state index contributed by atoms with van der Waals surface area (Å²) in [6, 6.07) is 0.145. The Labute approximate surface area is 71.6 Å². The molecule has 4 N–H and O–H groups in total. The maximum absolute atomic E-state index is 10.6. The molecule has 1 aliphatic heterocycles. The molecule has 1 fully saturated rings. The second kappa shape index (κ2) is 4.39. The lowest BCUT2D eigenvalue weighted by Crippen LogP contribution is -2.51. The maximum atomic E-state index is 10.6. The lowest BCUT2D eigenvalue weighted by Gasteiger charge is -2.33. The first-order valence-electron chi connectivity index (χ1n) is 4.04. The fourth-order valence-corrected chi connectivity index (χ4v) is 1.31. The predicted molar refractivity (Wildman–Crippen MR) is 44.4 cm³/mol. The summed E-state index contributed by atoms with van der Waals surface area (Å²) in [5.41, 5.74) is 10.6. The van der Waals surface area contributed by atoms with E-state index in [1.165, 1.54) is 0 Å². The fraction of sp³-hybridized carbons (Fsp3) is 0.857. The molecule has 0 aromatic carbocycles. The van der Waals surface area contributed by atoms with Crippen molar-refractivity contribution >= 4 is 5.91 Å². The van der Waals surface area contributed by atoms with Crippen LogP contribution in [0.3, 0.4) is 0 Å². The van der Waals surface area contributed by atoms with Crippen molar-refractivity contribution < 1.29 is 9.53 Å². The number of nitrogens with two attached hydrogens (primary N) is 2. The van der Waals surface area contributed by atoms with Crippen molar-refractivity contribution in [2.45, 2.75) is 6.04 Å². The van der Waals surface area contributed by atoms with Crippen LogP contribution in [0.5, 0.6) is 0 Å². The Morgan fingerprint density at radius 1 is 1.67 bits per heavy atom. The standard InChI is InChI=1S/C7H15N3O2/c8-3-6-5-12-2-1-10(6)4-7(9)11/h6H,1-5,8H2,(H2,9,11). The third-order valence-electron chi connectivity index (χ3n) is 1.98. The van der Waals surface area contributed by atoms with Crippen LogP contribution in [0.2, 0.25) is 0 Å². The molecular weight excluding hydrogens is 158 g/mol. The number of hydrogen-bond acceptors (Lipinski definition) is 4. The minimum atomic E-state index is -0.310. The molecule has 5 nitrogen and oxygen atoms in total. The molecule has 0 bridgehead atoms. The number of hydrogen-bond donors (Lipinski definition) is 2. The highest BCUT2D eigenvalue weighted by atomic mass is 16.5. The summed E-state index contributed by atoms with van der Waals surface area (Å²) in [5.74, 6) is -0.310. The quantitative estimate of drug-likeness (QED) is 0.524. The highest BCUT2D eigenvalue weighted by Gasteiger charge is 2.22. The maximum Gasteiger partial charge on any atom is 0.231 e. The van der Waals surface area contributed by atoms with Crippen LogP contribution in [0, 0.1) is 0 Å². The molecule has 0 saturated carbocycles. The molecule has 1 amide bonds. The number of primary amides is 1. The summed E-state index contributed by atoms with van der Waals surface area (Å²) in [6.07, 6.45) is 0. The highest BCUT2D eigenvalue weighted by Crippen LogP contribution is 2.04. The Balaban J connectivity index is 2.41. The topological polar surface area (TPSA) is 81.6 Å². The van der Waals surface area contributed by atoms with Gasteiger partial charge < -0.3 is 16.2 Å². The highest BCUT2D eigenvalue weighted by molar-refractivity contribution is 5.75. The number of rotatable bonds is 3. The largest absolute Gasteiger partial charge is 0.378 e. The summed E-state index contributed by atoms with van der Waals surface area (Å²) in [7, 11) is 0. The molecular formula is C7H15N3O2. The van der Waals surface area contributed by atoms with Crippen LogP contribution in [0.4, 0.5) is 0 Å². The number of morpholine rings is 1. The lowest BCUT2D eigenvalue weighted by molar-refractivity contribution is -0.121. The van der Waals surface area contributed by atoms with Gasteiger partial charge in [-0.3, -0.25) is 9.69 Å². The van der Waals surface area contributed by atoms with Gasteiger partial charge in [0.25, 0.3) is 0 Å². The van der Waals surface area contributed by atoms with Gasteiger partial charge in [-0.2, -0.15) is 0 Å². The van der Waals surface area contributed by atoms with Crippen molar-refractivity contribution in [3.63, 3.8) is 0 Å². The Hall–Kier alpha value is -0.650. The number of amides is 1. The van der Waals surface area contributed by atoms with Crippen molar-refractivity contribution in [1.82, 2.24) is 4.90 Å². The van der Waals surface area contributed by atoms with Crippen molar-refractivity contribution in [2.75, 3.05) is 32.8 Å². The molecule has 5 heteroatoms. The van der Waals surface area contributed by atoms with Gasteiger partial charge in [-0.05, 0) is 0 Å². The third kappa shape index (κ3) is 2.44. The molecule has 0 spiro atoms. The van der Waals surface area contributed by atoms with Gasteiger partial charge >= 0.3 is 0 Å². The molecule has 1 unspecified atom stereocenters. The summed E-state index contributed by atoms with van der Waals surface area (Å²) in [6.45, 7) is 2.79. The van der Waals surface area contributed by atoms with Gasteiger partial charge in [-0.1, -0.05) is 0 Å². The van der Waals surface area contributed by atoms with E-state index >= 15 is 0 Å². The van der Waals surface area contributed by atoms with Crippen LogP contribution in [-0.2, 0) is 9.53 Å². The molecule has 1 saturated heterocycles. The summed E-state index contributed by atoms with van der Waals surface area (Å²) in [4.78, 5) is 12.6. The molecule has 0 aromatic rings. The first-order valence-corrected chi connectivity index (χ1v) is 4.04. The van der Waals surface area contributed by atoms with E-state index in [1.807, 2.05) is 4.90 Å². The van der Waals surface area contributed by atoms with Crippen LogP contribution < -0.4 is 11.5 Å². The Kier molecular flexibility index (Phi) is 3.46. The fourth-order valence-electron chi connectivity index (χ4n) is 1.31. The van der Waals surface area contributed by atoms with Crippen LogP contribution in [-0.4, -0.2) is 49.7 Å². The smallest absolute Gasteiger partial charge is 0.231 e. The second-order valence-electron chi connectivity index (χ2n) is 2.90. The van der Waals surface area contributed by atoms with Gasteiger partial charge in [0.15, 0.2) is 0 Å². The zero-order valence-corrected chi connectivity index (χ0v) is 7.03. The normalized spacial score (nSPS) is 25.6. The van der Waals surface area contributed by atoms with E-state index < -0.39 is 0 Å². The number of carbonyl (C=O) groups is 1. The van der Waals surface area contributed by atoms with E-state index in [4.69, 9.17) is 16.2 Å². The van der Waals surface area contributed by atoms with E-state index in [0.717, 1.165) is 6.54 Å². The molecule has 70 valence electrons. The van der Waals surface area contributed by atoms with E-state index in [0.29, 0.717) is 19.8 Å². The molecule has 12 heavy (non-hydrogen) atoms. The van der Waals surface area contributed by atoms with Gasteiger partial charge in [-0.25, -0.2) is 0 Å². The first-order chi connectivity index (χ1) is 5.74. The van der Waals surface area contributed by atoms with Crippen molar-refractivity contribution in [3.8, 4) is 0 Å². The average molecular weight is 173 g/mol. The second-order valence-corrected chi connectivity index (χ2v) is 2.90. The zero-order valence-electron chi connectivity index (χ0n) is 7.03. The number of carbonyl (C=O) groups excluding carboxylic acids is 1. The summed E-state index contributed by atoms with van der Waals surface area (Å²) in [5, 5.41) is 0. The predicted octanol–water partition coefficient (Wildman–Crippen LogP) is -1.87. The zero-order chi connectivity index (χ0) is 8.97. The van der Waals surface area contributed by atoms with Crippen molar-refractivity contribution in [3.05, 3.63) is 0 Å². The van der Waals surface area contributed by atoms with Gasteiger partial charge in [0.1, 0.15) is 0 Å². The minimum Gasteiger partial charge on any atom is -0.378 e. The SMILES string of the molecule is NCC1COCCN1CC(N)=O. The Morgan fingerprint density at radius 2 is 2.42 bits per heavy atom. The van der Waals surface area contributed by atoms with Gasteiger partial charge in [0.05, 0.1) is 19.8 Å². The first kappa shape index (κ1) is 9.44. The summed E-state index contributed by atoms with van der Waals surface area (Å²) >= 11 is 0. The lowest BCUT2D eigenvalue weighted by atomic mass is 10.2. The van der Waals surface area contributed by atoms with Crippen molar-refractivity contribution in [2.24, 2.45) is 11.5 Å². The van der Waals surface area contributed by atoms with Crippen LogP contribution in [0.25, 0.3) is 0 Å². The third-order valence-corrected chi connectivity index (χ3v) is 1.98. The van der Waals surface area contributed by atoms with E-state index in [9.17, 15) is 4.79 Å². The Morgan fingerprint density at radius 3 is 3.00 bits per heavy atom. The molecule has 1 heterocycles. The van der Waals surface area contributed by atoms with Crippen LogP contribution >= 0.6 is 0 Å². The van der Waals surface area contributed by atoms with Crippen molar-refractivity contribution in [1.29, 1.82) is 0 Å². The average Bonchev–Trinajstić information content (AvgIpc) is 2.04. The number of ether oxygens (including phenoxy) is 1. The van der Waals surface area contributed by atoms with Gasteiger partial charge in [0, 0.05) is 19.1 Å². The molecule has 0 aromatic heterocycles.